The third kappa shape index (κ3) is 4.57. The quantitative estimate of drug-likeness (QED) is 0.674. The maximum absolute atomic E-state index is 13.5. The zero-order chi connectivity index (χ0) is 20.9. The first-order valence-electron chi connectivity index (χ1n) is 9.05. The van der Waals surface area contributed by atoms with Crippen LogP contribution >= 0.6 is 0 Å². The molecule has 0 saturated heterocycles. The molecule has 156 valence electrons. The Morgan fingerprint density at radius 1 is 1.25 bits per heavy atom. The second kappa shape index (κ2) is 8.81. The molecule has 0 radical (unpaired) electrons. The monoisotopic (exact) mass is 402 g/mol. The van der Waals surface area contributed by atoms with Crippen LogP contribution in [0.1, 0.15) is 44.6 Å². The van der Waals surface area contributed by atoms with Gasteiger partial charge in [0.05, 0.1) is 20.6 Å². The summed E-state index contributed by atoms with van der Waals surface area (Å²) >= 11 is 0. The van der Waals surface area contributed by atoms with Crippen molar-refractivity contribution in [3.8, 4) is 11.5 Å². The van der Waals surface area contributed by atoms with Crippen molar-refractivity contribution in [2.45, 2.75) is 57.3 Å². The predicted molar refractivity (Wildman–Crippen MR) is 97.3 cm³/mol. The number of carbonyl (C=O) groups excluding carboxylic acids is 1. The Kier molecular flexibility index (Phi) is 6.92. The van der Waals surface area contributed by atoms with Gasteiger partial charge in [-0.3, -0.25) is 4.79 Å². The Morgan fingerprint density at radius 3 is 2.50 bits per heavy atom. The Hall–Kier alpha value is -2.29. The Balaban J connectivity index is 2.24. The molecule has 9 heteroatoms. The smallest absolute Gasteiger partial charge is 0.438 e. The highest BCUT2D eigenvalue weighted by Gasteiger charge is 2.62. The minimum atomic E-state index is -5.02. The molecule has 0 saturated carbocycles. The van der Waals surface area contributed by atoms with Gasteiger partial charge in [0.25, 0.3) is 5.72 Å². The van der Waals surface area contributed by atoms with Gasteiger partial charge < -0.3 is 14.6 Å². The summed E-state index contributed by atoms with van der Waals surface area (Å²) in [6, 6.07) is 4.61. The topological polar surface area (TPSA) is 71.4 Å². The third-order valence-electron chi connectivity index (χ3n) is 4.60. The Morgan fingerprint density at radius 2 is 1.93 bits per heavy atom. The van der Waals surface area contributed by atoms with E-state index in [1.807, 2.05) is 6.92 Å². The molecule has 28 heavy (non-hydrogen) atoms. The van der Waals surface area contributed by atoms with Crippen LogP contribution in [0.5, 0.6) is 11.5 Å². The fourth-order valence-corrected chi connectivity index (χ4v) is 3.06. The van der Waals surface area contributed by atoms with Crippen molar-refractivity contribution < 1.29 is 32.5 Å². The van der Waals surface area contributed by atoms with E-state index in [0.717, 1.165) is 12.8 Å². The molecule has 0 aromatic heterocycles. The average Bonchev–Trinajstić information content (AvgIpc) is 2.99. The van der Waals surface area contributed by atoms with Gasteiger partial charge in [-0.1, -0.05) is 25.8 Å². The summed E-state index contributed by atoms with van der Waals surface area (Å²) in [7, 11) is 2.87. The van der Waals surface area contributed by atoms with Crippen LogP contribution in [0.15, 0.2) is 23.3 Å². The number of benzene rings is 1. The fraction of sp³-hybridized carbons (Fsp3) is 0.579. The van der Waals surface area contributed by atoms with Crippen LogP contribution in [0.4, 0.5) is 13.2 Å². The van der Waals surface area contributed by atoms with Gasteiger partial charge >= 0.3 is 6.18 Å². The van der Waals surface area contributed by atoms with E-state index in [0.29, 0.717) is 29.9 Å². The van der Waals surface area contributed by atoms with Crippen LogP contribution in [-0.2, 0) is 11.2 Å². The van der Waals surface area contributed by atoms with Gasteiger partial charge in [-0.05, 0) is 30.5 Å². The SMILES string of the molecule is CCCCCC1=NN(C(=O)Cc2ccc(OC)c(OC)c2)C(O)(C(F)(F)F)C1. The van der Waals surface area contributed by atoms with Gasteiger partial charge in [-0.2, -0.15) is 23.3 Å². The standard InChI is InChI=1S/C19H25F3N2O4/c1-4-5-6-7-14-12-18(26,19(20,21)22)24(23-14)17(25)11-13-8-9-15(27-2)16(10-13)28-3/h8-10,26H,4-7,11-12H2,1-3H3. The van der Waals surface area contributed by atoms with Crippen molar-refractivity contribution in [3.05, 3.63) is 23.8 Å². The molecule has 1 aliphatic rings. The lowest BCUT2D eigenvalue weighted by Crippen LogP contribution is -2.57. The maximum Gasteiger partial charge on any atom is 0.438 e. The van der Waals surface area contributed by atoms with Crippen LogP contribution in [0.3, 0.4) is 0 Å². The predicted octanol–water partition coefficient (Wildman–Crippen LogP) is 3.67. The number of carbonyl (C=O) groups is 1. The number of amides is 1. The first-order chi connectivity index (χ1) is 13.2. The average molecular weight is 402 g/mol. The Bertz CT molecular complexity index is 736. The number of ether oxygens (including phenoxy) is 2. The summed E-state index contributed by atoms with van der Waals surface area (Å²) in [6.07, 6.45) is -3.41. The van der Waals surface area contributed by atoms with Crippen molar-refractivity contribution in [3.63, 3.8) is 0 Å². The molecule has 1 atom stereocenters. The van der Waals surface area contributed by atoms with Crippen molar-refractivity contribution in [1.82, 2.24) is 5.01 Å². The zero-order valence-electron chi connectivity index (χ0n) is 16.2. The minimum absolute atomic E-state index is 0.175. The number of halogens is 3. The number of rotatable bonds is 8. The molecule has 0 spiro atoms. The van der Waals surface area contributed by atoms with E-state index in [2.05, 4.69) is 5.10 Å². The summed E-state index contributed by atoms with van der Waals surface area (Å²) in [4.78, 5) is 12.6. The van der Waals surface area contributed by atoms with E-state index in [-0.39, 0.29) is 17.1 Å². The zero-order valence-corrected chi connectivity index (χ0v) is 16.2. The van der Waals surface area contributed by atoms with E-state index in [9.17, 15) is 23.1 Å². The molecular formula is C19H25F3N2O4. The van der Waals surface area contributed by atoms with Crippen molar-refractivity contribution in [1.29, 1.82) is 0 Å². The van der Waals surface area contributed by atoms with Gasteiger partial charge in [0, 0.05) is 12.1 Å². The highest BCUT2D eigenvalue weighted by atomic mass is 19.4. The van der Waals surface area contributed by atoms with Crippen molar-refractivity contribution in [2.24, 2.45) is 5.10 Å². The third-order valence-corrected chi connectivity index (χ3v) is 4.60. The van der Waals surface area contributed by atoms with Crippen molar-refractivity contribution >= 4 is 11.6 Å². The highest BCUT2D eigenvalue weighted by Crippen LogP contribution is 2.41. The summed E-state index contributed by atoms with van der Waals surface area (Å²) in [5, 5.41) is 14.3. The molecule has 1 aromatic rings. The second-order valence-electron chi connectivity index (χ2n) is 6.69. The number of aliphatic hydroxyl groups is 1. The van der Waals surface area contributed by atoms with E-state index >= 15 is 0 Å². The maximum atomic E-state index is 13.5. The van der Waals surface area contributed by atoms with E-state index in [4.69, 9.17) is 9.47 Å². The lowest BCUT2D eigenvalue weighted by molar-refractivity contribution is -0.302. The molecule has 1 aliphatic heterocycles. The van der Waals surface area contributed by atoms with Crippen LogP contribution in [0.25, 0.3) is 0 Å². The van der Waals surface area contributed by atoms with Crippen LogP contribution < -0.4 is 9.47 Å². The molecule has 1 N–H and O–H groups in total. The van der Waals surface area contributed by atoms with E-state index in [1.54, 1.807) is 12.1 Å². The molecule has 1 aromatic carbocycles. The largest absolute Gasteiger partial charge is 0.493 e. The number of nitrogens with zero attached hydrogens (tertiary/aromatic N) is 2. The lowest BCUT2D eigenvalue weighted by Gasteiger charge is -2.32. The van der Waals surface area contributed by atoms with Crippen LogP contribution in [0.2, 0.25) is 0 Å². The first-order valence-corrected chi connectivity index (χ1v) is 9.05. The van der Waals surface area contributed by atoms with Gasteiger partial charge in [-0.15, -0.1) is 0 Å². The van der Waals surface area contributed by atoms with Crippen LogP contribution in [-0.4, -0.2) is 47.9 Å². The first kappa shape index (κ1) is 22.0. The number of hydrazone groups is 1. The van der Waals surface area contributed by atoms with Gasteiger partial charge in [-0.25, -0.2) is 0 Å². The highest BCUT2D eigenvalue weighted by molar-refractivity contribution is 5.91. The summed E-state index contributed by atoms with van der Waals surface area (Å²) < 4.78 is 50.8. The molecule has 0 fully saturated rings. The minimum Gasteiger partial charge on any atom is -0.493 e. The molecule has 0 aliphatic carbocycles. The number of unbranched alkanes of at least 4 members (excludes halogenated alkanes) is 2. The number of hydrogen-bond acceptors (Lipinski definition) is 5. The normalized spacial score (nSPS) is 19.5. The number of methoxy groups -OCH3 is 2. The summed E-state index contributed by atoms with van der Waals surface area (Å²) in [5.41, 5.74) is -2.72. The fourth-order valence-electron chi connectivity index (χ4n) is 3.06. The Labute approximate surface area is 161 Å². The van der Waals surface area contributed by atoms with E-state index in [1.165, 1.54) is 20.3 Å². The van der Waals surface area contributed by atoms with Crippen LogP contribution in [0, 0.1) is 0 Å². The molecule has 1 unspecified atom stereocenters. The number of hydrogen-bond donors (Lipinski definition) is 1. The lowest BCUT2D eigenvalue weighted by atomic mass is 10.0. The molecule has 0 bridgehead atoms. The van der Waals surface area contributed by atoms with Gasteiger partial charge in [0.15, 0.2) is 11.5 Å². The van der Waals surface area contributed by atoms with Gasteiger partial charge in [0.1, 0.15) is 0 Å². The molecule has 1 heterocycles. The summed E-state index contributed by atoms with van der Waals surface area (Å²) in [5.74, 6) is -0.163. The second-order valence-corrected chi connectivity index (χ2v) is 6.69. The van der Waals surface area contributed by atoms with E-state index < -0.39 is 24.2 Å². The molecule has 6 nitrogen and oxygen atoms in total. The van der Waals surface area contributed by atoms with Crippen molar-refractivity contribution in [2.75, 3.05) is 14.2 Å². The summed E-state index contributed by atoms with van der Waals surface area (Å²) in [6.45, 7) is 1.97. The number of alkyl halides is 3. The molecule has 1 amide bonds. The molecular weight excluding hydrogens is 377 g/mol. The van der Waals surface area contributed by atoms with Gasteiger partial charge in [0.2, 0.25) is 5.91 Å². The molecule has 2 rings (SSSR count).